The first-order chi connectivity index (χ1) is 7.07. The molecule has 0 rings (SSSR count). The molecular formula is C8H20N2O4S2. The Morgan fingerprint density at radius 2 is 1.62 bits per heavy atom. The maximum absolute atomic E-state index is 11.5. The molecule has 0 bridgehead atoms. The van der Waals surface area contributed by atoms with Gasteiger partial charge >= 0.3 is 0 Å². The SMILES string of the molecule is CC(C)C(CN)NS(=O)(=O)CCS(C)(=O)=O. The molecule has 98 valence electrons. The second kappa shape index (κ2) is 5.95. The zero-order valence-corrected chi connectivity index (χ0v) is 11.4. The predicted octanol–water partition coefficient (Wildman–Crippen LogP) is -1.07. The molecule has 16 heavy (non-hydrogen) atoms. The van der Waals surface area contributed by atoms with Gasteiger partial charge in [-0.2, -0.15) is 0 Å². The van der Waals surface area contributed by atoms with Crippen LogP contribution in [0, 0.1) is 5.92 Å². The van der Waals surface area contributed by atoms with Gasteiger partial charge in [0.15, 0.2) is 0 Å². The average Bonchev–Trinajstić information content (AvgIpc) is 2.10. The fourth-order valence-electron chi connectivity index (χ4n) is 1.01. The Morgan fingerprint density at radius 3 is 1.94 bits per heavy atom. The number of sulfonamides is 1. The largest absolute Gasteiger partial charge is 0.329 e. The van der Waals surface area contributed by atoms with Gasteiger partial charge in [-0.1, -0.05) is 13.8 Å². The molecule has 0 saturated carbocycles. The van der Waals surface area contributed by atoms with Crippen molar-refractivity contribution in [1.29, 1.82) is 0 Å². The van der Waals surface area contributed by atoms with Crippen molar-refractivity contribution >= 4 is 19.9 Å². The van der Waals surface area contributed by atoms with Crippen molar-refractivity contribution in [3.8, 4) is 0 Å². The molecule has 0 spiro atoms. The van der Waals surface area contributed by atoms with Gasteiger partial charge in [-0.15, -0.1) is 0 Å². The minimum atomic E-state index is -3.58. The van der Waals surface area contributed by atoms with Crippen LogP contribution in [-0.4, -0.2) is 47.2 Å². The summed E-state index contributed by atoms with van der Waals surface area (Å²) in [5.41, 5.74) is 5.42. The van der Waals surface area contributed by atoms with Gasteiger partial charge in [0, 0.05) is 18.8 Å². The molecule has 0 aliphatic carbocycles. The summed E-state index contributed by atoms with van der Waals surface area (Å²) in [6.07, 6.45) is 1.01. The van der Waals surface area contributed by atoms with E-state index in [1.165, 1.54) is 0 Å². The quantitative estimate of drug-likeness (QED) is 0.614. The molecule has 0 aromatic rings. The lowest BCUT2D eigenvalue weighted by Gasteiger charge is -2.20. The molecule has 0 saturated heterocycles. The van der Waals surface area contributed by atoms with Crippen molar-refractivity contribution in [2.75, 3.05) is 24.3 Å². The van der Waals surface area contributed by atoms with E-state index in [-0.39, 0.29) is 24.3 Å². The lowest BCUT2D eigenvalue weighted by molar-refractivity contribution is 0.455. The third-order valence-electron chi connectivity index (χ3n) is 2.11. The van der Waals surface area contributed by atoms with E-state index in [2.05, 4.69) is 4.72 Å². The summed E-state index contributed by atoms with van der Waals surface area (Å²) in [4.78, 5) is 0. The molecular weight excluding hydrogens is 252 g/mol. The Labute approximate surface area is 97.6 Å². The summed E-state index contributed by atoms with van der Waals surface area (Å²) in [6, 6.07) is -0.357. The van der Waals surface area contributed by atoms with Crippen molar-refractivity contribution in [2.45, 2.75) is 19.9 Å². The van der Waals surface area contributed by atoms with E-state index in [1.54, 1.807) is 0 Å². The van der Waals surface area contributed by atoms with Crippen LogP contribution in [0.2, 0.25) is 0 Å². The van der Waals surface area contributed by atoms with Gasteiger partial charge in [0.05, 0.1) is 11.5 Å². The molecule has 0 amide bonds. The fourth-order valence-corrected chi connectivity index (χ4v) is 4.04. The smallest absolute Gasteiger partial charge is 0.212 e. The molecule has 1 atom stereocenters. The fraction of sp³-hybridized carbons (Fsp3) is 1.00. The van der Waals surface area contributed by atoms with Gasteiger partial charge in [-0.05, 0) is 5.92 Å². The summed E-state index contributed by atoms with van der Waals surface area (Å²) >= 11 is 0. The summed E-state index contributed by atoms with van der Waals surface area (Å²) in [6.45, 7) is 3.88. The molecule has 6 nitrogen and oxygen atoms in total. The Bertz CT molecular complexity index is 400. The number of sulfone groups is 1. The van der Waals surface area contributed by atoms with Crippen molar-refractivity contribution in [2.24, 2.45) is 11.7 Å². The van der Waals surface area contributed by atoms with Gasteiger partial charge in [0.2, 0.25) is 10.0 Å². The Kier molecular flexibility index (Phi) is 5.88. The zero-order chi connectivity index (χ0) is 13.0. The molecule has 0 aromatic heterocycles. The van der Waals surface area contributed by atoms with E-state index in [0.717, 1.165) is 6.26 Å². The van der Waals surface area contributed by atoms with Crippen LogP contribution in [0.4, 0.5) is 0 Å². The highest BCUT2D eigenvalue weighted by atomic mass is 32.2. The van der Waals surface area contributed by atoms with Crippen molar-refractivity contribution in [3.05, 3.63) is 0 Å². The third-order valence-corrected chi connectivity index (χ3v) is 4.72. The number of nitrogens with one attached hydrogen (secondary N) is 1. The number of nitrogens with two attached hydrogens (primary N) is 1. The summed E-state index contributed by atoms with van der Waals surface area (Å²) < 4.78 is 47.1. The van der Waals surface area contributed by atoms with Crippen molar-refractivity contribution < 1.29 is 16.8 Å². The second-order valence-corrected chi connectivity index (χ2v) is 8.29. The maximum atomic E-state index is 11.5. The molecule has 3 N–H and O–H groups in total. The molecule has 0 aliphatic heterocycles. The highest BCUT2D eigenvalue weighted by Crippen LogP contribution is 2.02. The van der Waals surface area contributed by atoms with Crippen LogP contribution in [0.3, 0.4) is 0 Å². The first-order valence-electron chi connectivity index (χ1n) is 4.95. The van der Waals surface area contributed by atoms with Crippen LogP contribution in [0.5, 0.6) is 0 Å². The molecule has 0 radical (unpaired) electrons. The first-order valence-corrected chi connectivity index (χ1v) is 8.66. The van der Waals surface area contributed by atoms with Crippen LogP contribution >= 0.6 is 0 Å². The van der Waals surface area contributed by atoms with Gasteiger partial charge in [0.25, 0.3) is 0 Å². The minimum Gasteiger partial charge on any atom is -0.329 e. The normalized spacial score (nSPS) is 15.3. The minimum absolute atomic E-state index is 0.0676. The van der Waals surface area contributed by atoms with Crippen LogP contribution in [-0.2, 0) is 19.9 Å². The third kappa shape index (κ3) is 7.15. The van der Waals surface area contributed by atoms with E-state index in [0.29, 0.717) is 0 Å². The Balaban J connectivity index is 4.46. The van der Waals surface area contributed by atoms with Crippen molar-refractivity contribution in [3.63, 3.8) is 0 Å². The lowest BCUT2D eigenvalue weighted by Crippen LogP contribution is -2.45. The predicted molar refractivity (Wildman–Crippen MR) is 64.3 cm³/mol. The molecule has 0 fully saturated rings. The van der Waals surface area contributed by atoms with E-state index in [9.17, 15) is 16.8 Å². The number of rotatable bonds is 7. The molecule has 0 heterocycles. The van der Waals surface area contributed by atoms with E-state index in [4.69, 9.17) is 5.73 Å². The van der Waals surface area contributed by atoms with Crippen LogP contribution < -0.4 is 10.5 Å². The molecule has 1 unspecified atom stereocenters. The monoisotopic (exact) mass is 272 g/mol. The Hall–Kier alpha value is -0.180. The average molecular weight is 272 g/mol. The van der Waals surface area contributed by atoms with Crippen molar-refractivity contribution in [1.82, 2.24) is 4.72 Å². The van der Waals surface area contributed by atoms with Crippen LogP contribution in [0.1, 0.15) is 13.8 Å². The van der Waals surface area contributed by atoms with Gasteiger partial charge in [-0.3, -0.25) is 0 Å². The zero-order valence-electron chi connectivity index (χ0n) is 9.80. The first kappa shape index (κ1) is 15.8. The highest BCUT2D eigenvalue weighted by Gasteiger charge is 2.20. The van der Waals surface area contributed by atoms with E-state index in [1.807, 2.05) is 13.8 Å². The number of hydrogen-bond donors (Lipinski definition) is 2. The topological polar surface area (TPSA) is 106 Å². The summed E-state index contributed by atoms with van der Waals surface area (Å²) in [7, 11) is -6.85. The van der Waals surface area contributed by atoms with Gasteiger partial charge in [-0.25, -0.2) is 21.6 Å². The second-order valence-electron chi connectivity index (χ2n) is 4.15. The van der Waals surface area contributed by atoms with Gasteiger partial charge < -0.3 is 5.73 Å². The summed E-state index contributed by atoms with van der Waals surface area (Å²) in [5, 5.41) is 0. The van der Waals surface area contributed by atoms with Crippen LogP contribution in [0.15, 0.2) is 0 Å². The Morgan fingerprint density at radius 1 is 1.12 bits per heavy atom. The molecule has 0 aromatic carbocycles. The van der Waals surface area contributed by atoms with E-state index >= 15 is 0 Å². The highest BCUT2D eigenvalue weighted by molar-refractivity contribution is 7.93. The summed E-state index contributed by atoms with van der Waals surface area (Å²) in [5.74, 6) is -0.731. The molecule has 8 heteroatoms. The standard InChI is InChI=1S/C8H20N2O4S2/c1-7(2)8(6-9)10-16(13,14)5-4-15(3,11)12/h7-8,10H,4-6,9H2,1-3H3. The molecule has 0 aliphatic rings. The maximum Gasteiger partial charge on any atom is 0.212 e. The van der Waals surface area contributed by atoms with E-state index < -0.39 is 25.6 Å². The lowest BCUT2D eigenvalue weighted by atomic mass is 10.1. The van der Waals surface area contributed by atoms with Gasteiger partial charge in [0.1, 0.15) is 9.84 Å². The van der Waals surface area contributed by atoms with Crippen LogP contribution in [0.25, 0.3) is 0 Å². The number of hydrogen-bond acceptors (Lipinski definition) is 5.